The van der Waals surface area contributed by atoms with Crippen molar-refractivity contribution in [1.82, 2.24) is 9.47 Å². The molecule has 3 aromatic carbocycles. The maximum atomic E-state index is 14.1. The lowest BCUT2D eigenvalue weighted by atomic mass is 10.0. The Morgan fingerprint density at radius 1 is 0.658 bits per heavy atom. The third-order valence-corrected chi connectivity index (χ3v) is 7.39. The van der Waals surface area contributed by atoms with Crippen LogP contribution in [0.3, 0.4) is 0 Å². The van der Waals surface area contributed by atoms with Crippen LogP contribution in [0.15, 0.2) is 91.1 Å². The summed E-state index contributed by atoms with van der Waals surface area (Å²) in [6.07, 6.45) is 3.65. The number of hydrogen-bond acceptors (Lipinski definition) is 4. The third-order valence-electron chi connectivity index (χ3n) is 7.39. The first-order valence-corrected chi connectivity index (χ1v) is 12.8. The van der Waals surface area contributed by atoms with Crippen molar-refractivity contribution in [3.63, 3.8) is 0 Å². The van der Waals surface area contributed by atoms with Gasteiger partial charge in [-0.1, -0.05) is 42.5 Å². The Kier molecular flexibility index (Phi) is 6.04. The minimum Gasteiger partial charge on any atom is -0.508 e. The van der Waals surface area contributed by atoms with Crippen molar-refractivity contribution in [2.24, 2.45) is 0 Å². The summed E-state index contributed by atoms with van der Waals surface area (Å²) >= 11 is 0. The van der Waals surface area contributed by atoms with Crippen LogP contribution in [-0.4, -0.2) is 45.4 Å². The average Bonchev–Trinajstić information content (AvgIpc) is 3.49. The van der Waals surface area contributed by atoms with Crippen molar-refractivity contribution in [2.75, 3.05) is 18.0 Å². The molecule has 0 aliphatic carbocycles. The molecule has 6 rings (SSSR count). The topological polar surface area (TPSA) is 82.8 Å². The van der Waals surface area contributed by atoms with Gasteiger partial charge in [-0.05, 0) is 60.9 Å². The molecule has 3 heterocycles. The van der Waals surface area contributed by atoms with E-state index in [2.05, 4.69) is 0 Å². The summed E-state index contributed by atoms with van der Waals surface area (Å²) in [5.41, 5.74) is 4.68. The first-order valence-electron chi connectivity index (χ1n) is 12.8. The molecule has 190 valence electrons. The fourth-order valence-corrected chi connectivity index (χ4v) is 5.49. The van der Waals surface area contributed by atoms with Gasteiger partial charge in [-0.3, -0.25) is 19.3 Å². The quantitative estimate of drug-likeness (QED) is 0.281. The smallest absolute Gasteiger partial charge is 0.261 e. The molecule has 1 atom stereocenters. The standard InChI is InChI=1S/C31H27N3O4/c35-22-15-13-21(14-16-22)20-28-31(38)33(27-11-4-3-10-25(27)26-12-7-19-32(26)28)17-5-6-18-34-29(36)23-8-1-2-9-24(23)30(34)37/h1-4,7-16,19,28,35H,5-6,17-18,20H2/t28-/m0/s1. The van der Waals surface area contributed by atoms with E-state index in [1.807, 2.05) is 64.2 Å². The Morgan fingerprint density at radius 3 is 1.95 bits per heavy atom. The van der Waals surface area contributed by atoms with Gasteiger partial charge in [0.15, 0.2) is 0 Å². The molecule has 0 bridgehead atoms. The van der Waals surface area contributed by atoms with Crippen LogP contribution < -0.4 is 4.90 Å². The number of carbonyl (C=O) groups excluding carboxylic acids is 3. The minimum absolute atomic E-state index is 0.0128. The molecule has 3 amide bonds. The molecule has 0 radical (unpaired) electrons. The lowest BCUT2D eigenvalue weighted by Gasteiger charge is -2.27. The monoisotopic (exact) mass is 505 g/mol. The molecular weight excluding hydrogens is 478 g/mol. The summed E-state index contributed by atoms with van der Waals surface area (Å²) < 4.78 is 2.03. The number of fused-ring (bicyclic) bond motifs is 4. The van der Waals surface area contributed by atoms with Crippen LogP contribution in [0.25, 0.3) is 11.3 Å². The summed E-state index contributed by atoms with van der Waals surface area (Å²) in [7, 11) is 0. The van der Waals surface area contributed by atoms with Crippen molar-refractivity contribution in [3.05, 3.63) is 108 Å². The van der Waals surface area contributed by atoms with Crippen molar-refractivity contribution in [3.8, 4) is 17.0 Å². The first kappa shape index (κ1) is 23.7. The Labute approximate surface area is 220 Å². The van der Waals surface area contributed by atoms with Crippen molar-refractivity contribution < 1.29 is 19.5 Å². The Bertz CT molecular complexity index is 1500. The van der Waals surface area contributed by atoms with Gasteiger partial charge in [-0.15, -0.1) is 0 Å². The molecule has 2 aliphatic rings. The summed E-state index contributed by atoms with van der Waals surface area (Å²) in [5, 5.41) is 9.70. The SMILES string of the molecule is O=C1c2ccccc2C(=O)N1CCCCN1C(=O)[C@H](Cc2ccc(O)cc2)n2cccc2-c2ccccc21. The number of imide groups is 1. The van der Waals surface area contributed by atoms with Crippen LogP contribution in [0, 0.1) is 0 Å². The fraction of sp³-hybridized carbons (Fsp3) is 0.194. The number of rotatable bonds is 7. The first-order chi connectivity index (χ1) is 18.5. The summed E-state index contributed by atoms with van der Waals surface area (Å²) in [4.78, 5) is 42.7. The Balaban J connectivity index is 1.22. The molecule has 1 aromatic heterocycles. The zero-order valence-corrected chi connectivity index (χ0v) is 20.8. The van der Waals surface area contributed by atoms with Gasteiger partial charge in [-0.2, -0.15) is 0 Å². The molecule has 1 N–H and O–H groups in total. The number of unbranched alkanes of at least 4 members (excludes halogenated alkanes) is 1. The van der Waals surface area contributed by atoms with Gasteiger partial charge in [0.05, 0.1) is 22.5 Å². The maximum Gasteiger partial charge on any atom is 0.261 e. The second-order valence-corrected chi connectivity index (χ2v) is 9.71. The normalized spacial score (nSPS) is 16.3. The van der Waals surface area contributed by atoms with E-state index < -0.39 is 6.04 Å². The molecule has 4 aromatic rings. The molecule has 7 nitrogen and oxygen atoms in total. The zero-order chi connectivity index (χ0) is 26.2. The van der Waals surface area contributed by atoms with Crippen LogP contribution in [0.5, 0.6) is 5.75 Å². The predicted molar refractivity (Wildman–Crippen MR) is 144 cm³/mol. The fourth-order valence-electron chi connectivity index (χ4n) is 5.49. The van der Waals surface area contributed by atoms with Crippen LogP contribution in [0.2, 0.25) is 0 Å². The number of nitrogens with zero attached hydrogens (tertiary/aromatic N) is 3. The van der Waals surface area contributed by atoms with E-state index in [9.17, 15) is 19.5 Å². The molecule has 0 unspecified atom stereocenters. The molecule has 2 aliphatic heterocycles. The number of aromatic nitrogens is 1. The number of carbonyl (C=O) groups is 3. The molecule has 0 saturated carbocycles. The van der Waals surface area contributed by atoms with Crippen LogP contribution >= 0.6 is 0 Å². The lowest BCUT2D eigenvalue weighted by Crippen LogP contribution is -2.38. The van der Waals surface area contributed by atoms with E-state index in [-0.39, 0.29) is 23.5 Å². The molecule has 7 heteroatoms. The van der Waals surface area contributed by atoms with Crippen LogP contribution in [0.4, 0.5) is 5.69 Å². The van der Waals surface area contributed by atoms with Gasteiger partial charge in [-0.25, -0.2) is 0 Å². The van der Waals surface area contributed by atoms with Gasteiger partial charge in [0.25, 0.3) is 11.8 Å². The zero-order valence-electron chi connectivity index (χ0n) is 20.8. The predicted octanol–water partition coefficient (Wildman–Crippen LogP) is 5.07. The van der Waals surface area contributed by atoms with E-state index in [0.29, 0.717) is 43.5 Å². The molecule has 0 spiro atoms. The number of phenolic OH excluding ortho intramolecular Hbond substituents is 1. The highest BCUT2D eigenvalue weighted by molar-refractivity contribution is 6.21. The average molecular weight is 506 g/mol. The van der Waals surface area contributed by atoms with Gasteiger partial charge >= 0.3 is 0 Å². The van der Waals surface area contributed by atoms with E-state index in [1.165, 1.54) is 4.90 Å². The molecule has 38 heavy (non-hydrogen) atoms. The van der Waals surface area contributed by atoms with E-state index in [0.717, 1.165) is 22.5 Å². The second kappa shape index (κ2) is 9.67. The maximum absolute atomic E-state index is 14.1. The summed E-state index contributed by atoms with van der Waals surface area (Å²) in [5.74, 6) is -0.332. The number of amides is 3. The Hall–Kier alpha value is -4.65. The number of anilines is 1. The molecule has 0 saturated heterocycles. The number of phenols is 1. The van der Waals surface area contributed by atoms with E-state index in [4.69, 9.17) is 0 Å². The van der Waals surface area contributed by atoms with Gasteiger partial charge in [0, 0.05) is 31.3 Å². The summed E-state index contributed by atoms with van der Waals surface area (Å²) in [6, 6.07) is 25.3. The molecule has 0 fully saturated rings. The van der Waals surface area contributed by atoms with Crippen LogP contribution in [-0.2, 0) is 11.2 Å². The number of benzene rings is 3. The summed E-state index contributed by atoms with van der Waals surface area (Å²) in [6.45, 7) is 0.781. The lowest BCUT2D eigenvalue weighted by molar-refractivity contribution is -0.121. The largest absolute Gasteiger partial charge is 0.508 e. The second-order valence-electron chi connectivity index (χ2n) is 9.71. The minimum atomic E-state index is -0.451. The third kappa shape index (κ3) is 4.06. The van der Waals surface area contributed by atoms with Crippen molar-refractivity contribution in [2.45, 2.75) is 25.3 Å². The van der Waals surface area contributed by atoms with Gasteiger partial charge in [0.2, 0.25) is 5.91 Å². The number of para-hydroxylation sites is 1. The van der Waals surface area contributed by atoms with E-state index >= 15 is 0 Å². The van der Waals surface area contributed by atoms with Crippen LogP contribution in [0.1, 0.15) is 45.2 Å². The highest BCUT2D eigenvalue weighted by Crippen LogP contribution is 2.38. The highest BCUT2D eigenvalue weighted by atomic mass is 16.3. The Morgan fingerprint density at radius 2 is 1.26 bits per heavy atom. The van der Waals surface area contributed by atoms with Gasteiger partial charge in [0.1, 0.15) is 11.8 Å². The highest BCUT2D eigenvalue weighted by Gasteiger charge is 2.35. The van der Waals surface area contributed by atoms with Gasteiger partial charge < -0.3 is 14.6 Å². The molecular formula is C31H27N3O4. The van der Waals surface area contributed by atoms with E-state index in [1.54, 1.807) is 36.4 Å². The van der Waals surface area contributed by atoms with Crippen molar-refractivity contribution in [1.29, 1.82) is 0 Å². The number of aromatic hydroxyl groups is 1. The number of hydrogen-bond donors (Lipinski definition) is 1. The van der Waals surface area contributed by atoms with Crippen molar-refractivity contribution >= 4 is 23.4 Å².